The van der Waals surface area contributed by atoms with E-state index in [1.807, 2.05) is 37.3 Å². The minimum Gasteiger partial charge on any atom is -0.323 e. The van der Waals surface area contributed by atoms with Gasteiger partial charge in [-0.3, -0.25) is 9.78 Å². The number of aromatic nitrogens is 1. The standard InChI is InChI=1S/C13H15N3O/c1-9(14-2)13(17)16-11-7-3-5-10-6-4-8-15-12(10)11/h3-9,14H,1-2H3,(H,16,17). The molecule has 0 bridgehead atoms. The number of carbonyl (C=O) groups is 1. The van der Waals surface area contributed by atoms with Crippen molar-refractivity contribution in [1.29, 1.82) is 0 Å². The molecule has 0 radical (unpaired) electrons. The van der Waals surface area contributed by atoms with Crippen molar-refractivity contribution in [1.82, 2.24) is 10.3 Å². The van der Waals surface area contributed by atoms with Crippen LogP contribution in [0.15, 0.2) is 36.5 Å². The fraction of sp³-hybridized carbons (Fsp3) is 0.231. The van der Waals surface area contributed by atoms with Crippen molar-refractivity contribution in [3.63, 3.8) is 0 Å². The number of benzene rings is 1. The summed E-state index contributed by atoms with van der Waals surface area (Å²) in [6.07, 6.45) is 1.72. The molecular formula is C13H15N3O. The first-order valence-corrected chi connectivity index (χ1v) is 5.54. The Hall–Kier alpha value is -1.94. The van der Waals surface area contributed by atoms with E-state index in [0.29, 0.717) is 0 Å². The number of amides is 1. The molecule has 1 unspecified atom stereocenters. The fourth-order valence-electron chi connectivity index (χ4n) is 1.58. The smallest absolute Gasteiger partial charge is 0.241 e. The van der Waals surface area contributed by atoms with E-state index in [1.54, 1.807) is 13.2 Å². The van der Waals surface area contributed by atoms with E-state index in [4.69, 9.17) is 0 Å². The van der Waals surface area contributed by atoms with Crippen LogP contribution >= 0.6 is 0 Å². The number of nitrogens with zero attached hydrogens (tertiary/aromatic N) is 1. The quantitative estimate of drug-likeness (QED) is 0.843. The average Bonchev–Trinajstić information content (AvgIpc) is 2.38. The number of likely N-dealkylation sites (N-methyl/N-ethyl adjacent to an activating group) is 1. The molecule has 1 amide bonds. The lowest BCUT2D eigenvalue weighted by Gasteiger charge is -2.12. The molecule has 4 heteroatoms. The van der Waals surface area contributed by atoms with Crippen LogP contribution in [-0.4, -0.2) is 24.0 Å². The minimum absolute atomic E-state index is 0.0642. The van der Waals surface area contributed by atoms with Crippen LogP contribution in [0.5, 0.6) is 0 Å². The number of anilines is 1. The Kier molecular flexibility index (Phi) is 3.35. The van der Waals surface area contributed by atoms with Gasteiger partial charge < -0.3 is 10.6 Å². The summed E-state index contributed by atoms with van der Waals surface area (Å²) in [6, 6.07) is 9.36. The molecule has 2 aromatic rings. The Morgan fingerprint density at radius 3 is 2.82 bits per heavy atom. The van der Waals surface area contributed by atoms with Crippen LogP contribution in [-0.2, 0) is 4.79 Å². The van der Waals surface area contributed by atoms with Crippen LogP contribution in [0.2, 0.25) is 0 Å². The molecule has 0 spiro atoms. The maximum absolute atomic E-state index is 11.8. The Morgan fingerprint density at radius 1 is 1.29 bits per heavy atom. The molecule has 1 aromatic carbocycles. The molecule has 88 valence electrons. The topological polar surface area (TPSA) is 54.0 Å². The summed E-state index contributed by atoms with van der Waals surface area (Å²) in [5.74, 6) is -0.0642. The van der Waals surface area contributed by atoms with Gasteiger partial charge in [-0.05, 0) is 26.1 Å². The normalized spacial score (nSPS) is 12.4. The first kappa shape index (κ1) is 11.5. The van der Waals surface area contributed by atoms with Crippen molar-refractivity contribution in [2.24, 2.45) is 0 Å². The summed E-state index contributed by atoms with van der Waals surface area (Å²) < 4.78 is 0. The van der Waals surface area contributed by atoms with Gasteiger partial charge in [0.05, 0.1) is 17.2 Å². The maximum atomic E-state index is 11.8. The molecule has 0 aliphatic heterocycles. The molecule has 0 fully saturated rings. The van der Waals surface area contributed by atoms with Gasteiger partial charge in [0.15, 0.2) is 0 Å². The highest BCUT2D eigenvalue weighted by atomic mass is 16.2. The second-order valence-electron chi connectivity index (χ2n) is 3.88. The number of hydrogen-bond acceptors (Lipinski definition) is 3. The third-order valence-electron chi connectivity index (χ3n) is 2.72. The van der Waals surface area contributed by atoms with Crippen LogP contribution < -0.4 is 10.6 Å². The van der Waals surface area contributed by atoms with Crippen LogP contribution in [0.25, 0.3) is 10.9 Å². The van der Waals surface area contributed by atoms with Crippen LogP contribution in [0.1, 0.15) is 6.92 Å². The van der Waals surface area contributed by atoms with E-state index >= 15 is 0 Å². The third-order valence-corrected chi connectivity index (χ3v) is 2.72. The lowest BCUT2D eigenvalue weighted by Crippen LogP contribution is -2.35. The van der Waals surface area contributed by atoms with Crippen molar-refractivity contribution in [3.05, 3.63) is 36.5 Å². The predicted octanol–water partition coefficient (Wildman–Crippen LogP) is 1.78. The lowest BCUT2D eigenvalue weighted by molar-refractivity contribution is -0.117. The molecule has 0 aliphatic carbocycles. The highest BCUT2D eigenvalue weighted by molar-refractivity contribution is 6.02. The van der Waals surface area contributed by atoms with Crippen molar-refractivity contribution in [3.8, 4) is 0 Å². The molecule has 2 N–H and O–H groups in total. The van der Waals surface area contributed by atoms with Crippen molar-refractivity contribution in [2.75, 3.05) is 12.4 Å². The minimum atomic E-state index is -0.228. The average molecular weight is 229 g/mol. The van der Waals surface area contributed by atoms with Gasteiger partial charge in [-0.15, -0.1) is 0 Å². The summed E-state index contributed by atoms with van der Waals surface area (Å²) in [6.45, 7) is 1.81. The summed E-state index contributed by atoms with van der Waals surface area (Å²) in [5.41, 5.74) is 1.56. The van der Waals surface area contributed by atoms with Gasteiger partial charge >= 0.3 is 0 Å². The number of nitrogens with one attached hydrogen (secondary N) is 2. The Labute approximate surface area is 100 Å². The SMILES string of the molecule is CNC(C)C(=O)Nc1cccc2cccnc12. The summed E-state index contributed by atoms with van der Waals surface area (Å²) in [7, 11) is 1.76. The van der Waals surface area contributed by atoms with E-state index in [-0.39, 0.29) is 11.9 Å². The molecule has 2 rings (SSSR count). The van der Waals surface area contributed by atoms with Gasteiger partial charge in [-0.1, -0.05) is 18.2 Å². The number of fused-ring (bicyclic) bond motifs is 1. The lowest BCUT2D eigenvalue weighted by atomic mass is 10.2. The maximum Gasteiger partial charge on any atom is 0.241 e. The van der Waals surface area contributed by atoms with Gasteiger partial charge in [0.1, 0.15) is 0 Å². The van der Waals surface area contributed by atoms with E-state index < -0.39 is 0 Å². The molecular weight excluding hydrogens is 214 g/mol. The third kappa shape index (κ3) is 2.42. The first-order chi connectivity index (χ1) is 8.22. The van der Waals surface area contributed by atoms with E-state index in [0.717, 1.165) is 16.6 Å². The van der Waals surface area contributed by atoms with E-state index in [9.17, 15) is 4.79 Å². The zero-order chi connectivity index (χ0) is 12.3. The molecule has 4 nitrogen and oxygen atoms in total. The highest BCUT2D eigenvalue weighted by Crippen LogP contribution is 2.20. The zero-order valence-electron chi connectivity index (χ0n) is 9.90. The summed E-state index contributed by atoms with van der Waals surface area (Å²) in [5, 5.41) is 6.79. The number of rotatable bonds is 3. The number of hydrogen-bond donors (Lipinski definition) is 2. The molecule has 1 atom stereocenters. The van der Waals surface area contributed by atoms with E-state index in [1.165, 1.54) is 0 Å². The molecule has 0 aliphatic rings. The summed E-state index contributed by atoms with van der Waals surface area (Å²) in [4.78, 5) is 16.1. The second-order valence-corrected chi connectivity index (χ2v) is 3.88. The molecule has 1 heterocycles. The molecule has 1 aromatic heterocycles. The first-order valence-electron chi connectivity index (χ1n) is 5.54. The zero-order valence-corrected chi connectivity index (χ0v) is 9.90. The number of carbonyl (C=O) groups excluding carboxylic acids is 1. The van der Waals surface area contributed by atoms with E-state index in [2.05, 4.69) is 15.6 Å². The monoisotopic (exact) mass is 229 g/mol. The number of para-hydroxylation sites is 1. The van der Waals surface area contributed by atoms with Gasteiger partial charge in [-0.2, -0.15) is 0 Å². The fourth-order valence-corrected chi connectivity index (χ4v) is 1.58. The van der Waals surface area contributed by atoms with Gasteiger partial charge in [0.2, 0.25) is 5.91 Å². The van der Waals surface area contributed by atoms with Crippen LogP contribution in [0.4, 0.5) is 5.69 Å². The molecule has 0 saturated heterocycles. The van der Waals surface area contributed by atoms with Gasteiger partial charge in [0, 0.05) is 11.6 Å². The summed E-state index contributed by atoms with van der Waals surface area (Å²) >= 11 is 0. The molecule has 0 saturated carbocycles. The predicted molar refractivity (Wildman–Crippen MR) is 68.9 cm³/mol. The Bertz CT molecular complexity index is 534. The number of pyridine rings is 1. The van der Waals surface area contributed by atoms with Crippen LogP contribution in [0.3, 0.4) is 0 Å². The van der Waals surface area contributed by atoms with Crippen LogP contribution in [0, 0.1) is 0 Å². The van der Waals surface area contributed by atoms with Gasteiger partial charge in [0.25, 0.3) is 0 Å². The highest BCUT2D eigenvalue weighted by Gasteiger charge is 2.11. The molecule has 17 heavy (non-hydrogen) atoms. The second kappa shape index (κ2) is 4.93. The Morgan fingerprint density at radius 2 is 2.06 bits per heavy atom. The van der Waals surface area contributed by atoms with Gasteiger partial charge in [-0.25, -0.2) is 0 Å². The van der Waals surface area contributed by atoms with Crippen molar-refractivity contribution >= 4 is 22.5 Å². The Balaban J connectivity index is 2.33. The van der Waals surface area contributed by atoms with Crippen molar-refractivity contribution < 1.29 is 4.79 Å². The largest absolute Gasteiger partial charge is 0.323 e. The van der Waals surface area contributed by atoms with Crippen molar-refractivity contribution in [2.45, 2.75) is 13.0 Å².